The van der Waals surface area contributed by atoms with Crippen LogP contribution in [0.25, 0.3) is 10.9 Å². The number of rotatable bonds is 12. The van der Waals surface area contributed by atoms with Gasteiger partial charge in [-0.1, -0.05) is 12.0 Å². The SMILES string of the molecule is COc1cc(S(N)(=O)=O)ccc1NCC#Cc1cc2c(NC3(C)CCC(N(CCO)CCO)CC3)cccc2n1CC(F)(F)F. The molecular formula is C31H40F3N5O5S. The maximum absolute atomic E-state index is 13.7. The molecule has 0 spiro atoms. The van der Waals surface area contributed by atoms with Crippen LogP contribution in [0.3, 0.4) is 0 Å². The van der Waals surface area contributed by atoms with E-state index in [1.165, 1.54) is 25.3 Å². The van der Waals surface area contributed by atoms with Gasteiger partial charge in [0.2, 0.25) is 10.0 Å². The highest BCUT2D eigenvalue weighted by Crippen LogP contribution is 2.37. The van der Waals surface area contributed by atoms with Gasteiger partial charge in [0.05, 0.1) is 48.7 Å². The van der Waals surface area contributed by atoms with Gasteiger partial charge in [-0.15, -0.1) is 0 Å². The summed E-state index contributed by atoms with van der Waals surface area (Å²) < 4.78 is 70.7. The van der Waals surface area contributed by atoms with Gasteiger partial charge in [0.1, 0.15) is 12.3 Å². The topological polar surface area (TPSA) is 142 Å². The summed E-state index contributed by atoms with van der Waals surface area (Å²) in [5, 5.41) is 31.2. The van der Waals surface area contributed by atoms with E-state index >= 15 is 0 Å². The van der Waals surface area contributed by atoms with Crippen molar-refractivity contribution in [1.82, 2.24) is 9.47 Å². The second kappa shape index (κ2) is 14.3. The number of ether oxygens (including phenoxy) is 1. The maximum Gasteiger partial charge on any atom is 0.406 e. The molecular weight excluding hydrogens is 611 g/mol. The fourth-order valence-electron chi connectivity index (χ4n) is 5.90. The third-order valence-corrected chi connectivity index (χ3v) is 9.07. The Morgan fingerprint density at radius 2 is 1.80 bits per heavy atom. The highest BCUT2D eigenvalue weighted by Gasteiger charge is 2.34. The van der Waals surface area contributed by atoms with Crippen LogP contribution in [0.1, 0.15) is 38.3 Å². The number of benzene rings is 2. The summed E-state index contributed by atoms with van der Waals surface area (Å²) in [6, 6.07) is 11.2. The van der Waals surface area contributed by atoms with E-state index in [4.69, 9.17) is 9.88 Å². The van der Waals surface area contributed by atoms with Crippen LogP contribution in [0.5, 0.6) is 5.75 Å². The maximum atomic E-state index is 13.7. The van der Waals surface area contributed by atoms with Crippen molar-refractivity contribution in [3.05, 3.63) is 48.2 Å². The van der Waals surface area contributed by atoms with Crippen LogP contribution >= 0.6 is 0 Å². The second-order valence-electron chi connectivity index (χ2n) is 11.4. The van der Waals surface area contributed by atoms with Gasteiger partial charge in [-0.25, -0.2) is 13.6 Å². The van der Waals surface area contributed by atoms with E-state index < -0.39 is 22.7 Å². The van der Waals surface area contributed by atoms with Crippen molar-refractivity contribution in [1.29, 1.82) is 0 Å². The zero-order valence-electron chi connectivity index (χ0n) is 25.3. The molecule has 0 bridgehead atoms. The second-order valence-corrected chi connectivity index (χ2v) is 13.0. The smallest absolute Gasteiger partial charge is 0.406 e. The van der Waals surface area contributed by atoms with Crippen molar-refractivity contribution in [3.63, 3.8) is 0 Å². The molecule has 3 aromatic rings. The summed E-state index contributed by atoms with van der Waals surface area (Å²) in [6.45, 7) is 1.99. The number of aromatic nitrogens is 1. The lowest BCUT2D eigenvalue weighted by molar-refractivity contribution is -0.140. The molecule has 1 fully saturated rings. The largest absolute Gasteiger partial charge is 0.495 e. The number of alkyl halides is 3. The monoisotopic (exact) mass is 651 g/mol. The number of nitrogens with zero attached hydrogens (tertiary/aromatic N) is 2. The number of nitrogens with one attached hydrogen (secondary N) is 2. The van der Waals surface area contributed by atoms with Gasteiger partial charge in [0, 0.05) is 41.8 Å². The van der Waals surface area contributed by atoms with E-state index in [0.29, 0.717) is 29.7 Å². The third kappa shape index (κ3) is 8.83. The third-order valence-electron chi connectivity index (χ3n) is 8.15. The fraction of sp³-hybridized carbons (Fsp3) is 0.484. The Balaban J connectivity index is 1.56. The van der Waals surface area contributed by atoms with Gasteiger partial charge in [0.15, 0.2) is 0 Å². The lowest BCUT2D eigenvalue weighted by Gasteiger charge is -2.42. The number of hydrogen-bond acceptors (Lipinski definition) is 8. The molecule has 246 valence electrons. The molecule has 4 rings (SSSR count). The minimum absolute atomic E-state index is 0.0206. The minimum atomic E-state index is -4.47. The number of nitrogens with two attached hydrogens (primary N) is 1. The summed E-state index contributed by atoms with van der Waals surface area (Å²) in [7, 11) is -2.56. The first-order valence-electron chi connectivity index (χ1n) is 14.6. The Bertz CT molecular complexity index is 1630. The summed E-state index contributed by atoms with van der Waals surface area (Å²) in [6.07, 6.45) is -1.14. The van der Waals surface area contributed by atoms with Crippen LogP contribution in [0, 0.1) is 11.8 Å². The quantitative estimate of drug-likeness (QED) is 0.187. The predicted octanol–water partition coefficient (Wildman–Crippen LogP) is 3.72. The van der Waals surface area contributed by atoms with Crippen LogP contribution in [0.4, 0.5) is 24.5 Å². The van der Waals surface area contributed by atoms with Crippen LogP contribution in [-0.4, -0.2) is 85.8 Å². The highest BCUT2D eigenvalue weighted by atomic mass is 32.2. The number of primary sulfonamides is 1. The van der Waals surface area contributed by atoms with Gasteiger partial charge in [-0.05, 0) is 68.9 Å². The Kier molecular flexibility index (Phi) is 10.9. The first kappa shape index (κ1) is 34.4. The number of hydrogen-bond donors (Lipinski definition) is 5. The molecule has 0 radical (unpaired) electrons. The van der Waals surface area contributed by atoms with Crippen molar-refractivity contribution in [2.75, 3.05) is 50.6 Å². The number of fused-ring (bicyclic) bond motifs is 1. The molecule has 1 heterocycles. The average Bonchev–Trinajstić information content (AvgIpc) is 3.31. The molecule has 0 amide bonds. The summed E-state index contributed by atoms with van der Waals surface area (Å²) in [4.78, 5) is 1.98. The minimum Gasteiger partial charge on any atom is -0.495 e. The van der Waals surface area contributed by atoms with Gasteiger partial charge >= 0.3 is 6.18 Å². The summed E-state index contributed by atoms with van der Waals surface area (Å²) >= 11 is 0. The van der Waals surface area contributed by atoms with Gasteiger partial charge < -0.3 is 30.2 Å². The summed E-state index contributed by atoms with van der Waals surface area (Å²) in [5.41, 5.74) is 1.48. The molecule has 1 aliphatic carbocycles. The molecule has 14 heteroatoms. The van der Waals surface area contributed by atoms with E-state index in [9.17, 15) is 31.8 Å². The fourth-order valence-corrected chi connectivity index (χ4v) is 6.43. The van der Waals surface area contributed by atoms with Crippen molar-refractivity contribution < 1.29 is 36.5 Å². The Hall–Kier alpha value is -3.48. The van der Waals surface area contributed by atoms with Crippen molar-refractivity contribution in [3.8, 4) is 17.6 Å². The molecule has 45 heavy (non-hydrogen) atoms. The molecule has 2 aromatic carbocycles. The molecule has 1 aromatic heterocycles. The molecule has 0 unspecified atom stereocenters. The normalized spacial score (nSPS) is 18.9. The van der Waals surface area contributed by atoms with Crippen molar-refractivity contribution in [2.45, 2.75) is 61.8 Å². The summed E-state index contributed by atoms with van der Waals surface area (Å²) in [5.74, 6) is 5.96. The molecule has 0 aliphatic heterocycles. The number of methoxy groups -OCH3 is 1. The number of aliphatic hydroxyl groups is 2. The van der Waals surface area contributed by atoms with Crippen LogP contribution in [-0.2, 0) is 16.6 Å². The predicted molar refractivity (Wildman–Crippen MR) is 168 cm³/mol. The van der Waals surface area contributed by atoms with E-state index in [2.05, 4.69) is 34.3 Å². The average molecular weight is 652 g/mol. The molecule has 6 N–H and O–H groups in total. The zero-order valence-corrected chi connectivity index (χ0v) is 26.1. The highest BCUT2D eigenvalue weighted by molar-refractivity contribution is 7.89. The molecule has 1 saturated carbocycles. The lowest BCUT2D eigenvalue weighted by Crippen LogP contribution is -2.47. The van der Waals surface area contributed by atoms with E-state index in [1.807, 2.05) is 6.07 Å². The van der Waals surface area contributed by atoms with Gasteiger partial charge in [-0.2, -0.15) is 13.2 Å². The zero-order chi connectivity index (χ0) is 32.8. The molecule has 10 nitrogen and oxygen atoms in total. The van der Waals surface area contributed by atoms with Crippen LogP contribution in [0.2, 0.25) is 0 Å². The van der Waals surface area contributed by atoms with Crippen LogP contribution in [0.15, 0.2) is 47.4 Å². The molecule has 0 saturated heterocycles. The van der Waals surface area contributed by atoms with Crippen LogP contribution < -0.4 is 20.5 Å². The standard InChI is InChI=1S/C31H40F3N5O5S/c1-30(12-10-22(11-13-30)38(15-17-40)16-18-41)37-26-6-3-7-28-25(26)19-23(39(28)21-31(32,33)34)5-4-14-36-27-9-8-24(45(35,42)43)20-29(27)44-2/h3,6-9,19-20,22,36-37,40-41H,10-18,21H2,1-2H3,(H2,35,42,43). The van der Waals surface area contributed by atoms with Crippen molar-refractivity contribution >= 4 is 32.3 Å². The Morgan fingerprint density at radius 3 is 2.40 bits per heavy atom. The van der Waals surface area contributed by atoms with Crippen molar-refractivity contribution in [2.24, 2.45) is 5.14 Å². The first-order valence-corrected chi connectivity index (χ1v) is 16.2. The molecule has 1 aliphatic rings. The number of aliphatic hydroxyl groups excluding tert-OH is 2. The lowest BCUT2D eigenvalue weighted by atomic mass is 9.80. The molecule has 0 atom stereocenters. The van der Waals surface area contributed by atoms with Gasteiger partial charge in [-0.3, -0.25) is 4.90 Å². The number of anilines is 2. The number of sulfonamides is 1. The Morgan fingerprint density at radius 1 is 1.11 bits per heavy atom. The van der Waals surface area contributed by atoms with E-state index in [1.54, 1.807) is 18.2 Å². The van der Waals surface area contributed by atoms with Gasteiger partial charge in [0.25, 0.3) is 0 Å². The van der Waals surface area contributed by atoms with E-state index in [-0.39, 0.29) is 47.7 Å². The Labute approximate surface area is 261 Å². The first-order chi connectivity index (χ1) is 21.3. The van der Waals surface area contributed by atoms with E-state index in [0.717, 1.165) is 35.9 Å². The number of halogens is 3.